The van der Waals surface area contributed by atoms with Crippen LogP contribution in [-0.2, 0) is 7.05 Å². The van der Waals surface area contributed by atoms with Crippen molar-refractivity contribution in [1.29, 1.82) is 0 Å². The molecule has 0 spiro atoms. The van der Waals surface area contributed by atoms with Gasteiger partial charge in [-0.15, -0.1) is 11.3 Å². The summed E-state index contributed by atoms with van der Waals surface area (Å²) in [5.74, 6) is 0. The second-order valence-electron chi connectivity index (χ2n) is 6.60. The van der Waals surface area contributed by atoms with Gasteiger partial charge in [0.1, 0.15) is 11.7 Å². The Morgan fingerprint density at radius 2 is 1.48 bits per heavy atom. The summed E-state index contributed by atoms with van der Waals surface area (Å²) in [4.78, 5) is 0. The molecule has 1 nitrogen and oxygen atoms in total. The summed E-state index contributed by atoms with van der Waals surface area (Å²) in [6.45, 7) is 2.19. The number of rotatable bonds is 1. The van der Waals surface area contributed by atoms with Gasteiger partial charge in [0.25, 0.3) is 0 Å². The molecule has 2 heteroatoms. The van der Waals surface area contributed by atoms with Crippen LogP contribution in [0.2, 0.25) is 0 Å². The van der Waals surface area contributed by atoms with Gasteiger partial charge in [0.2, 0.25) is 5.69 Å². The third-order valence-electron chi connectivity index (χ3n) is 5.05. The Kier molecular flexibility index (Phi) is 3.16. The summed E-state index contributed by atoms with van der Waals surface area (Å²) in [7, 11) is 2.14. The van der Waals surface area contributed by atoms with Crippen LogP contribution in [0.3, 0.4) is 0 Å². The van der Waals surface area contributed by atoms with Crippen LogP contribution >= 0.6 is 11.3 Å². The van der Waals surface area contributed by atoms with Gasteiger partial charge < -0.3 is 0 Å². The van der Waals surface area contributed by atoms with E-state index in [1.165, 1.54) is 47.8 Å². The topological polar surface area (TPSA) is 3.88 Å². The minimum atomic E-state index is 1.31. The maximum Gasteiger partial charge on any atom is 0.230 e. The molecule has 0 bridgehead atoms. The molecule has 5 aromatic rings. The van der Waals surface area contributed by atoms with Gasteiger partial charge in [-0.2, -0.15) is 4.57 Å². The van der Waals surface area contributed by atoms with Crippen molar-refractivity contribution in [2.24, 2.45) is 7.05 Å². The van der Waals surface area contributed by atoms with Crippen LogP contribution in [0, 0.1) is 6.92 Å². The maximum atomic E-state index is 2.28. The van der Waals surface area contributed by atoms with Gasteiger partial charge in [-0.3, -0.25) is 0 Å². The summed E-state index contributed by atoms with van der Waals surface area (Å²) in [5.41, 5.74) is 3.93. The Morgan fingerprint density at radius 1 is 0.720 bits per heavy atom. The number of benzene rings is 3. The molecule has 0 radical (unpaired) electrons. The second-order valence-corrected chi connectivity index (χ2v) is 7.62. The van der Waals surface area contributed by atoms with Crippen molar-refractivity contribution >= 4 is 42.3 Å². The molecule has 0 N–H and O–H groups in total. The van der Waals surface area contributed by atoms with Crippen LogP contribution in [0.15, 0.2) is 72.9 Å². The zero-order chi connectivity index (χ0) is 17.0. The molecule has 2 heterocycles. The predicted octanol–water partition coefficient (Wildman–Crippen LogP) is 6.01. The molecule has 0 saturated carbocycles. The Bertz CT molecular complexity index is 1260. The molecule has 5 rings (SSSR count). The van der Waals surface area contributed by atoms with Crippen molar-refractivity contribution in [3.05, 3.63) is 78.5 Å². The van der Waals surface area contributed by atoms with Gasteiger partial charge in [-0.1, -0.05) is 54.6 Å². The van der Waals surface area contributed by atoms with Gasteiger partial charge >= 0.3 is 0 Å². The third kappa shape index (κ3) is 2.11. The fourth-order valence-electron chi connectivity index (χ4n) is 3.76. The fraction of sp³-hybridized carbons (Fsp3) is 0.0870. The second kappa shape index (κ2) is 5.40. The van der Waals surface area contributed by atoms with Crippen LogP contribution in [0.4, 0.5) is 0 Å². The molecule has 0 fully saturated rings. The zero-order valence-corrected chi connectivity index (χ0v) is 15.1. The molecule has 0 unspecified atom stereocenters. The number of aromatic nitrogens is 1. The lowest BCUT2D eigenvalue weighted by atomic mass is 10.0. The van der Waals surface area contributed by atoms with E-state index in [1.807, 2.05) is 11.3 Å². The van der Waals surface area contributed by atoms with E-state index in [0.717, 1.165) is 0 Å². The highest BCUT2D eigenvalue weighted by Gasteiger charge is 2.20. The number of fused-ring (bicyclic) bond motifs is 5. The lowest BCUT2D eigenvalue weighted by Gasteiger charge is -2.05. The standard InChI is InChI=1S/C23H18NS/c1-15-7-3-5-9-17(15)21-23-20(13-14-24(21)2)19-12-11-16-8-4-6-10-18(16)22(19)25-23/h3-14H,1-2H3/q+1. The Morgan fingerprint density at radius 3 is 2.36 bits per heavy atom. The third-order valence-corrected chi connectivity index (χ3v) is 6.31. The smallest absolute Gasteiger partial charge is 0.200 e. The van der Waals surface area contributed by atoms with Crippen molar-refractivity contribution in [1.82, 2.24) is 0 Å². The molecule has 0 amide bonds. The molecule has 120 valence electrons. The number of hydrogen-bond acceptors (Lipinski definition) is 1. The number of hydrogen-bond donors (Lipinski definition) is 0. The Labute approximate surface area is 150 Å². The average Bonchev–Trinajstić information content (AvgIpc) is 3.01. The van der Waals surface area contributed by atoms with Crippen molar-refractivity contribution in [2.75, 3.05) is 0 Å². The van der Waals surface area contributed by atoms with Crippen molar-refractivity contribution < 1.29 is 4.57 Å². The highest BCUT2D eigenvalue weighted by Crippen LogP contribution is 2.41. The van der Waals surface area contributed by atoms with Gasteiger partial charge in [-0.05, 0) is 29.3 Å². The number of aryl methyl sites for hydroxylation is 2. The highest BCUT2D eigenvalue weighted by atomic mass is 32.1. The lowest BCUT2D eigenvalue weighted by Crippen LogP contribution is -2.30. The lowest BCUT2D eigenvalue weighted by molar-refractivity contribution is -0.659. The van der Waals surface area contributed by atoms with E-state index >= 15 is 0 Å². The Balaban J connectivity index is 1.98. The zero-order valence-electron chi connectivity index (χ0n) is 14.3. The van der Waals surface area contributed by atoms with E-state index in [4.69, 9.17) is 0 Å². The summed E-state index contributed by atoms with van der Waals surface area (Å²) in [5, 5.41) is 5.36. The monoisotopic (exact) mass is 340 g/mol. The first-order valence-electron chi connectivity index (χ1n) is 8.52. The number of pyridine rings is 1. The molecule has 25 heavy (non-hydrogen) atoms. The maximum absolute atomic E-state index is 2.28. The van der Waals surface area contributed by atoms with E-state index in [-0.39, 0.29) is 0 Å². The quantitative estimate of drug-likeness (QED) is 0.329. The van der Waals surface area contributed by atoms with Gasteiger partial charge in [0, 0.05) is 21.5 Å². The minimum absolute atomic E-state index is 1.31. The van der Waals surface area contributed by atoms with Crippen LogP contribution in [-0.4, -0.2) is 0 Å². The molecule has 3 aromatic carbocycles. The van der Waals surface area contributed by atoms with Gasteiger partial charge in [-0.25, -0.2) is 0 Å². The number of thiophene rings is 1. The SMILES string of the molecule is Cc1ccccc1-c1c2sc3c4ccccc4ccc3c2cc[n+]1C. The molecule has 0 aliphatic heterocycles. The van der Waals surface area contributed by atoms with E-state index in [2.05, 4.69) is 91.5 Å². The number of nitrogens with zero attached hydrogens (tertiary/aromatic N) is 1. The molecule has 0 aliphatic rings. The molecular formula is C23H18NS+. The molecule has 0 atom stereocenters. The van der Waals surface area contributed by atoms with Crippen molar-refractivity contribution in [2.45, 2.75) is 6.92 Å². The van der Waals surface area contributed by atoms with Crippen molar-refractivity contribution in [3.63, 3.8) is 0 Å². The summed E-state index contributed by atoms with van der Waals surface area (Å²) < 4.78 is 5.00. The normalized spacial score (nSPS) is 11.6. The molecular weight excluding hydrogens is 322 g/mol. The first-order chi connectivity index (χ1) is 12.2. The predicted molar refractivity (Wildman–Crippen MR) is 108 cm³/mol. The molecule has 2 aromatic heterocycles. The van der Waals surface area contributed by atoms with E-state index in [0.29, 0.717) is 0 Å². The largest absolute Gasteiger partial charge is 0.230 e. The fourth-order valence-corrected chi connectivity index (χ4v) is 5.18. The van der Waals surface area contributed by atoms with Gasteiger partial charge in [0.05, 0.1) is 5.56 Å². The first kappa shape index (κ1) is 14.6. The minimum Gasteiger partial charge on any atom is -0.200 e. The summed E-state index contributed by atoms with van der Waals surface area (Å²) in [6, 6.07) is 24.1. The van der Waals surface area contributed by atoms with Crippen LogP contribution in [0.1, 0.15) is 5.56 Å². The highest BCUT2D eigenvalue weighted by molar-refractivity contribution is 7.27. The van der Waals surface area contributed by atoms with Gasteiger partial charge in [0.15, 0.2) is 6.20 Å². The Hall–Kier alpha value is -2.71. The van der Waals surface area contributed by atoms with E-state index in [1.54, 1.807) is 0 Å². The van der Waals surface area contributed by atoms with Crippen LogP contribution in [0.5, 0.6) is 0 Å². The molecule has 0 saturated heterocycles. The van der Waals surface area contributed by atoms with Crippen LogP contribution in [0.25, 0.3) is 42.2 Å². The van der Waals surface area contributed by atoms with E-state index in [9.17, 15) is 0 Å². The van der Waals surface area contributed by atoms with E-state index < -0.39 is 0 Å². The molecule has 0 aliphatic carbocycles. The average molecular weight is 340 g/mol. The first-order valence-corrected chi connectivity index (χ1v) is 9.34. The summed E-state index contributed by atoms with van der Waals surface area (Å²) >= 11 is 1.91. The summed E-state index contributed by atoms with van der Waals surface area (Å²) in [6.07, 6.45) is 2.19. The van der Waals surface area contributed by atoms with Crippen LogP contribution < -0.4 is 4.57 Å². The van der Waals surface area contributed by atoms with Crippen molar-refractivity contribution in [3.8, 4) is 11.3 Å².